The highest BCUT2D eigenvalue weighted by atomic mass is 32.1. The number of methoxy groups -OCH3 is 2. The molecule has 0 radical (unpaired) electrons. The summed E-state index contributed by atoms with van der Waals surface area (Å²) in [7, 11) is 2.61. The molecule has 0 aliphatic carbocycles. The number of amides is 2. The van der Waals surface area contributed by atoms with Crippen molar-refractivity contribution in [1.82, 2.24) is 4.90 Å². The van der Waals surface area contributed by atoms with Gasteiger partial charge in [-0.1, -0.05) is 0 Å². The Hall–Kier alpha value is -2.81. The fraction of sp³-hybridized carbons (Fsp3) is 0.312. The minimum atomic E-state index is -0.529. The van der Waals surface area contributed by atoms with E-state index in [1.165, 1.54) is 42.8 Å². The minimum absolute atomic E-state index is 0.137. The van der Waals surface area contributed by atoms with Crippen LogP contribution in [0.15, 0.2) is 22.8 Å². The number of nitrogens with one attached hydrogen (secondary N) is 1. The molecule has 9 heteroatoms. The van der Waals surface area contributed by atoms with Gasteiger partial charge < -0.3 is 24.1 Å². The molecule has 0 fully saturated rings. The Kier molecular flexibility index (Phi) is 4.75. The molecule has 0 saturated carbocycles. The van der Waals surface area contributed by atoms with Gasteiger partial charge in [-0.25, -0.2) is 9.59 Å². The molecule has 0 bridgehead atoms. The summed E-state index contributed by atoms with van der Waals surface area (Å²) in [6.45, 7) is 0.735. The van der Waals surface area contributed by atoms with Crippen molar-refractivity contribution in [3.63, 3.8) is 0 Å². The molecule has 0 unspecified atom stereocenters. The second kappa shape index (κ2) is 6.98. The third kappa shape index (κ3) is 3.22. The number of esters is 1. The molecule has 3 heterocycles. The Balaban J connectivity index is 1.93. The van der Waals surface area contributed by atoms with Crippen LogP contribution >= 0.6 is 11.3 Å². The van der Waals surface area contributed by atoms with E-state index in [9.17, 15) is 14.4 Å². The highest BCUT2D eigenvalue weighted by molar-refractivity contribution is 7.17. The predicted molar refractivity (Wildman–Crippen MR) is 88.8 cm³/mol. The Morgan fingerprint density at radius 3 is 2.72 bits per heavy atom. The summed E-state index contributed by atoms with van der Waals surface area (Å²) in [6, 6.07) is 3.13. The van der Waals surface area contributed by atoms with Crippen molar-refractivity contribution < 1.29 is 28.3 Å². The molecule has 8 nitrogen and oxygen atoms in total. The van der Waals surface area contributed by atoms with Gasteiger partial charge in [0.25, 0.3) is 5.91 Å². The van der Waals surface area contributed by atoms with Crippen LogP contribution < -0.4 is 5.32 Å². The molecule has 2 amide bonds. The van der Waals surface area contributed by atoms with Gasteiger partial charge in [0.05, 0.1) is 32.6 Å². The molecular formula is C16H16N2O6S. The van der Waals surface area contributed by atoms with E-state index in [4.69, 9.17) is 13.9 Å². The van der Waals surface area contributed by atoms with Crippen molar-refractivity contribution in [3.8, 4) is 0 Å². The first-order valence-corrected chi connectivity index (χ1v) is 8.27. The zero-order valence-electron chi connectivity index (χ0n) is 13.7. The maximum absolute atomic E-state index is 12.2. The number of nitrogens with zero attached hydrogens (tertiary/aromatic N) is 1. The van der Waals surface area contributed by atoms with Crippen molar-refractivity contribution in [2.75, 3.05) is 26.1 Å². The Labute approximate surface area is 147 Å². The maximum Gasteiger partial charge on any atom is 0.409 e. The Bertz CT molecular complexity index is 811. The number of ether oxygens (including phenoxy) is 2. The number of anilines is 1. The monoisotopic (exact) mass is 364 g/mol. The summed E-state index contributed by atoms with van der Waals surface area (Å²) in [5.74, 6) is -0.851. The molecule has 0 saturated heterocycles. The standard InChI is InChI=1S/C16H16N2O6S/c1-22-15(20)12-9-5-6-18(16(21)23-2)8-11(9)25-14(12)17-13(19)10-4-3-7-24-10/h3-4,7H,5-6,8H2,1-2H3,(H,17,19). The number of thiophene rings is 1. The van der Waals surface area contributed by atoms with Crippen molar-refractivity contribution in [2.24, 2.45) is 0 Å². The summed E-state index contributed by atoms with van der Waals surface area (Å²) >= 11 is 1.24. The molecule has 1 aliphatic heterocycles. The highest BCUT2D eigenvalue weighted by Gasteiger charge is 2.31. The number of hydrogen-bond donors (Lipinski definition) is 1. The van der Waals surface area contributed by atoms with E-state index in [0.29, 0.717) is 30.1 Å². The number of rotatable bonds is 3. The number of carbonyl (C=O) groups is 3. The average Bonchev–Trinajstić information content (AvgIpc) is 3.27. The van der Waals surface area contributed by atoms with Gasteiger partial charge in [-0.15, -0.1) is 11.3 Å². The van der Waals surface area contributed by atoms with Gasteiger partial charge >= 0.3 is 12.1 Å². The fourth-order valence-corrected chi connectivity index (χ4v) is 3.91. The van der Waals surface area contributed by atoms with E-state index in [1.54, 1.807) is 6.07 Å². The van der Waals surface area contributed by atoms with Crippen molar-refractivity contribution in [1.29, 1.82) is 0 Å². The van der Waals surface area contributed by atoms with E-state index < -0.39 is 18.0 Å². The van der Waals surface area contributed by atoms with Crippen molar-refractivity contribution in [3.05, 3.63) is 40.2 Å². The molecule has 0 atom stereocenters. The highest BCUT2D eigenvalue weighted by Crippen LogP contribution is 2.38. The quantitative estimate of drug-likeness (QED) is 0.841. The van der Waals surface area contributed by atoms with Crippen LogP contribution in [-0.4, -0.2) is 43.6 Å². The number of furan rings is 1. The van der Waals surface area contributed by atoms with E-state index in [1.807, 2.05) is 0 Å². The third-order valence-corrected chi connectivity index (χ3v) is 4.98. The molecule has 1 aliphatic rings. The number of fused-ring (bicyclic) bond motifs is 1. The van der Waals surface area contributed by atoms with Gasteiger partial charge in [0.1, 0.15) is 5.00 Å². The molecule has 25 heavy (non-hydrogen) atoms. The summed E-state index contributed by atoms with van der Waals surface area (Å²) < 4.78 is 14.7. The smallest absolute Gasteiger partial charge is 0.409 e. The fourth-order valence-electron chi connectivity index (χ4n) is 2.67. The van der Waals surface area contributed by atoms with Gasteiger partial charge in [-0.3, -0.25) is 4.79 Å². The molecule has 132 valence electrons. The lowest BCUT2D eigenvalue weighted by Crippen LogP contribution is -2.35. The van der Waals surface area contributed by atoms with E-state index >= 15 is 0 Å². The second-order valence-corrected chi connectivity index (χ2v) is 6.38. The summed E-state index contributed by atoms with van der Waals surface area (Å²) in [5, 5.41) is 3.07. The molecular weight excluding hydrogens is 348 g/mol. The normalized spacial score (nSPS) is 13.1. The zero-order chi connectivity index (χ0) is 18.0. The number of carbonyl (C=O) groups excluding carboxylic acids is 3. The van der Waals surface area contributed by atoms with Crippen LogP contribution in [0.4, 0.5) is 9.80 Å². The minimum Gasteiger partial charge on any atom is -0.465 e. The molecule has 2 aromatic heterocycles. The molecule has 0 spiro atoms. The van der Waals surface area contributed by atoms with Gasteiger partial charge in [-0.05, 0) is 24.1 Å². The van der Waals surface area contributed by atoms with Gasteiger partial charge in [0.15, 0.2) is 5.76 Å². The third-order valence-electron chi connectivity index (χ3n) is 3.85. The summed E-state index contributed by atoms with van der Waals surface area (Å²) in [4.78, 5) is 38.5. The van der Waals surface area contributed by atoms with Crippen molar-refractivity contribution >= 4 is 34.3 Å². The van der Waals surface area contributed by atoms with Crippen molar-refractivity contribution in [2.45, 2.75) is 13.0 Å². The molecule has 1 N–H and O–H groups in total. The van der Waals surface area contributed by atoms with E-state index in [-0.39, 0.29) is 5.76 Å². The second-order valence-electron chi connectivity index (χ2n) is 5.27. The van der Waals surface area contributed by atoms with Crippen LogP contribution in [0.3, 0.4) is 0 Å². The number of hydrogen-bond acceptors (Lipinski definition) is 7. The van der Waals surface area contributed by atoms with Crippen LogP contribution in [0, 0.1) is 0 Å². The first-order chi connectivity index (χ1) is 12.0. The summed E-state index contributed by atoms with van der Waals surface area (Å²) in [5.41, 5.74) is 1.11. The lowest BCUT2D eigenvalue weighted by molar-refractivity contribution is 0.0600. The maximum atomic E-state index is 12.2. The Morgan fingerprint density at radius 1 is 1.28 bits per heavy atom. The van der Waals surface area contributed by atoms with Gasteiger partial charge in [0.2, 0.25) is 0 Å². The van der Waals surface area contributed by atoms with E-state index in [2.05, 4.69) is 5.32 Å². The lowest BCUT2D eigenvalue weighted by Gasteiger charge is -2.25. The first kappa shape index (κ1) is 17.0. The zero-order valence-corrected chi connectivity index (χ0v) is 14.5. The Morgan fingerprint density at radius 2 is 2.08 bits per heavy atom. The SMILES string of the molecule is COC(=O)c1c(NC(=O)c2ccco2)sc2c1CCN(C(=O)OC)C2. The van der Waals surface area contributed by atoms with Crippen LogP contribution in [0.1, 0.15) is 31.4 Å². The van der Waals surface area contributed by atoms with Crippen LogP contribution in [0.25, 0.3) is 0 Å². The largest absolute Gasteiger partial charge is 0.465 e. The topological polar surface area (TPSA) is 98.1 Å². The van der Waals surface area contributed by atoms with Gasteiger partial charge in [-0.2, -0.15) is 0 Å². The molecule has 2 aromatic rings. The summed E-state index contributed by atoms with van der Waals surface area (Å²) in [6.07, 6.45) is 1.44. The predicted octanol–water partition coefficient (Wildman–Crippen LogP) is 2.50. The average molecular weight is 364 g/mol. The molecule has 0 aromatic carbocycles. The lowest BCUT2D eigenvalue weighted by atomic mass is 10.0. The van der Waals surface area contributed by atoms with Crippen LogP contribution in [0.5, 0.6) is 0 Å². The molecule has 3 rings (SSSR count). The van der Waals surface area contributed by atoms with Crippen LogP contribution in [0.2, 0.25) is 0 Å². The first-order valence-electron chi connectivity index (χ1n) is 7.45. The van der Waals surface area contributed by atoms with Gasteiger partial charge in [0, 0.05) is 11.4 Å². The van der Waals surface area contributed by atoms with Crippen LogP contribution in [-0.2, 0) is 22.4 Å². The van der Waals surface area contributed by atoms with E-state index in [0.717, 1.165) is 10.4 Å².